The van der Waals surface area contributed by atoms with Crippen molar-refractivity contribution in [2.24, 2.45) is 0 Å². The van der Waals surface area contributed by atoms with Crippen molar-refractivity contribution in [2.75, 3.05) is 11.9 Å². The van der Waals surface area contributed by atoms with Gasteiger partial charge in [-0.2, -0.15) is 0 Å². The fraction of sp³-hybridized carbons (Fsp3) is 0.0526. The van der Waals surface area contributed by atoms with Gasteiger partial charge in [0.25, 0.3) is 5.91 Å². The predicted octanol–water partition coefficient (Wildman–Crippen LogP) is 3.86. The Kier molecular flexibility index (Phi) is 4.77. The van der Waals surface area contributed by atoms with Gasteiger partial charge in [0, 0.05) is 16.3 Å². The smallest absolute Gasteiger partial charge is 0.251 e. The topological polar surface area (TPSA) is 58.2 Å². The first kappa shape index (κ1) is 16.0. The normalized spacial score (nSPS) is 10.4. The molecule has 0 aliphatic heterocycles. The molecule has 0 aliphatic carbocycles. The van der Waals surface area contributed by atoms with E-state index in [1.54, 1.807) is 24.3 Å². The Bertz CT molecular complexity index is 909. The van der Waals surface area contributed by atoms with E-state index in [2.05, 4.69) is 10.6 Å². The highest BCUT2D eigenvalue weighted by Gasteiger charge is 2.09. The number of fused-ring (bicyclic) bond motifs is 1. The molecule has 0 heterocycles. The molecule has 5 heteroatoms. The first-order valence-electron chi connectivity index (χ1n) is 7.44. The van der Waals surface area contributed by atoms with Gasteiger partial charge in [-0.15, -0.1) is 0 Å². The minimum atomic E-state index is -0.342. The van der Waals surface area contributed by atoms with Crippen LogP contribution in [0.15, 0.2) is 66.7 Å². The number of halogens is 1. The fourth-order valence-electron chi connectivity index (χ4n) is 2.36. The van der Waals surface area contributed by atoms with Crippen molar-refractivity contribution in [3.05, 3.63) is 77.3 Å². The van der Waals surface area contributed by atoms with Gasteiger partial charge in [-0.3, -0.25) is 9.59 Å². The molecule has 2 N–H and O–H groups in total. The number of amides is 2. The van der Waals surface area contributed by atoms with Crippen LogP contribution < -0.4 is 10.6 Å². The summed E-state index contributed by atoms with van der Waals surface area (Å²) in [6.45, 7) is -0.113. The van der Waals surface area contributed by atoms with Crippen molar-refractivity contribution in [1.82, 2.24) is 5.32 Å². The Labute approximate surface area is 144 Å². The van der Waals surface area contributed by atoms with Crippen molar-refractivity contribution in [2.45, 2.75) is 0 Å². The number of rotatable bonds is 4. The molecular formula is C19H15ClN2O2. The van der Waals surface area contributed by atoms with Gasteiger partial charge in [0.2, 0.25) is 5.91 Å². The predicted molar refractivity (Wildman–Crippen MR) is 96.4 cm³/mol. The summed E-state index contributed by atoms with van der Waals surface area (Å²) >= 11 is 5.85. The van der Waals surface area contributed by atoms with Gasteiger partial charge in [-0.05, 0) is 41.1 Å². The monoisotopic (exact) mass is 338 g/mol. The molecule has 3 rings (SSSR count). The Morgan fingerprint density at radius 3 is 2.46 bits per heavy atom. The van der Waals surface area contributed by atoms with Crippen LogP contribution in [-0.2, 0) is 4.79 Å². The minimum Gasteiger partial charge on any atom is -0.343 e. The number of carbonyl (C=O) groups excluding carboxylic acids is 2. The molecule has 3 aromatic rings. The van der Waals surface area contributed by atoms with E-state index in [4.69, 9.17) is 11.6 Å². The van der Waals surface area contributed by atoms with Gasteiger partial charge in [0.05, 0.1) is 6.54 Å². The zero-order valence-electron chi connectivity index (χ0n) is 12.8. The Morgan fingerprint density at radius 1 is 0.875 bits per heavy atom. The van der Waals surface area contributed by atoms with E-state index < -0.39 is 0 Å². The first-order valence-corrected chi connectivity index (χ1v) is 7.82. The molecule has 0 saturated heterocycles. The first-order chi connectivity index (χ1) is 11.6. The standard InChI is InChI=1S/C19H15ClN2O2/c20-16-7-3-6-15(10-16)19(24)21-12-18(23)22-17-9-8-13-4-1-2-5-14(13)11-17/h1-11H,12H2,(H,21,24)(H,22,23). The number of hydrogen-bond donors (Lipinski definition) is 2. The molecule has 0 unspecified atom stereocenters. The summed E-state index contributed by atoms with van der Waals surface area (Å²) < 4.78 is 0. The second-order valence-electron chi connectivity index (χ2n) is 5.30. The molecule has 0 spiro atoms. The highest BCUT2D eigenvalue weighted by Crippen LogP contribution is 2.18. The molecule has 0 bridgehead atoms. The highest BCUT2D eigenvalue weighted by molar-refractivity contribution is 6.31. The van der Waals surface area contributed by atoms with Crippen LogP contribution in [0.25, 0.3) is 10.8 Å². The van der Waals surface area contributed by atoms with Gasteiger partial charge in [0.1, 0.15) is 0 Å². The zero-order chi connectivity index (χ0) is 16.9. The van der Waals surface area contributed by atoms with Crippen LogP contribution in [-0.4, -0.2) is 18.4 Å². The third-order valence-electron chi connectivity index (χ3n) is 3.53. The van der Waals surface area contributed by atoms with E-state index in [9.17, 15) is 9.59 Å². The van der Waals surface area contributed by atoms with E-state index in [0.29, 0.717) is 16.3 Å². The molecule has 0 saturated carbocycles. The molecule has 0 fully saturated rings. The fourth-order valence-corrected chi connectivity index (χ4v) is 2.55. The quantitative estimate of drug-likeness (QED) is 0.759. The summed E-state index contributed by atoms with van der Waals surface area (Å²) in [6.07, 6.45) is 0. The summed E-state index contributed by atoms with van der Waals surface area (Å²) in [5.74, 6) is -0.633. The molecule has 3 aromatic carbocycles. The molecule has 0 aromatic heterocycles. The molecular weight excluding hydrogens is 324 g/mol. The van der Waals surface area contributed by atoms with Gasteiger partial charge in [-0.1, -0.05) is 48.0 Å². The van der Waals surface area contributed by atoms with Crippen molar-refractivity contribution < 1.29 is 9.59 Å². The number of carbonyl (C=O) groups is 2. The number of benzene rings is 3. The Morgan fingerprint density at radius 2 is 1.67 bits per heavy atom. The lowest BCUT2D eigenvalue weighted by molar-refractivity contribution is -0.115. The lowest BCUT2D eigenvalue weighted by Crippen LogP contribution is -2.32. The third kappa shape index (κ3) is 3.91. The van der Waals surface area contributed by atoms with Crippen molar-refractivity contribution in [1.29, 1.82) is 0 Å². The summed E-state index contributed by atoms with van der Waals surface area (Å²) in [6, 6.07) is 20.1. The van der Waals surface area contributed by atoms with Crippen LogP contribution in [0.1, 0.15) is 10.4 Å². The van der Waals surface area contributed by atoms with E-state index in [1.165, 1.54) is 0 Å². The van der Waals surface area contributed by atoms with Crippen LogP contribution in [0.3, 0.4) is 0 Å². The minimum absolute atomic E-state index is 0.113. The van der Waals surface area contributed by atoms with Crippen molar-refractivity contribution in [3.8, 4) is 0 Å². The molecule has 0 radical (unpaired) electrons. The van der Waals surface area contributed by atoms with Crippen LogP contribution in [0.2, 0.25) is 5.02 Å². The molecule has 120 valence electrons. The van der Waals surface area contributed by atoms with Crippen LogP contribution in [0.5, 0.6) is 0 Å². The molecule has 2 amide bonds. The summed E-state index contributed by atoms with van der Waals surface area (Å²) in [7, 11) is 0. The van der Waals surface area contributed by atoms with E-state index in [-0.39, 0.29) is 18.4 Å². The second-order valence-corrected chi connectivity index (χ2v) is 5.74. The molecule has 0 atom stereocenters. The third-order valence-corrected chi connectivity index (χ3v) is 3.76. The van der Waals surface area contributed by atoms with Gasteiger partial charge >= 0.3 is 0 Å². The van der Waals surface area contributed by atoms with Crippen molar-refractivity contribution >= 4 is 39.9 Å². The van der Waals surface area contributed by atoms with Gasteiger partial charge in [-0.25, -0.2) is 0 Å². The number of anilines is 1. The van der Waals surface area contributed by atoms with E-state index in [1.807, 2.05) is 42.5 Å². The zero-order valence-corrected chi connectivity index (χ0v) is 13.5. The van der Waals surface area contributed by atoms with Crippen LogP contribution in [0, 0.1) is 0 Å². The van der Waals surface area contributed by atoms with Crippen molar-refractivity contribution in [3.63, 3.8) is 0 Å². The van der Waals surface area contributed by atoms with E-state index in [0.717, 1.165) is 10.8 Å². The highest BCUT2D eigenvalue weighted by atomic mass is 35.5. The SMILES string of the molecule is O=C(CNC(=O)c1cccc(Cl)c1)Nc1ccc2ccccc2c1. The summed E-state index contributed by atoms with van der Waals surface area (Å²) in [5.41, 5.74) is 1.11. The maximum absolute atomic E-state index is 12.0. The Hall–Kier alpha value is -2.85. The van der Waals surface area contributed by atoms with Gasteiger partial charge < -0.3 is 10.6 Å². The maximum Gasteiger partial charge on any atom is 0.251 e. The lowest BCUT2D eigenvalue weighted by atomic mass is 10.1. The summed E-state index contributed by atoms with van der Waals surface area (Å²) in [5, 5.41) is 7.96. The average Bonchev–Trinajstić information content (AvgIpc) is 2.59. The number of nitrogens with one attached hydrogen (secondary N) is 2. The molecule has 0 aliphatic rings. The maximum atomic E-state index is 12.0. The van der Waals surface area contributed by atoms with Crippen LogP contribution in [0.4, 0.5) is 5.69 Å². The lowest BCUT2D eigenvalue weighted by Gasteiger charge is -2.08. The van der Waals surface area contributed by atoms with E-state index >= 15 is 0 Å². The molecule has 24 heavy (non-hydrogen) atoms. The average molecular weight is 339 g/mol. The number of hydrogen-bond acceptors (Lipinski definition) is 2. The largest absolute Gasteiger partial charge is 0.343 e. The molecule has 4 nitrogen and oxygen atoms in total. The summed E-state index contributed by atoms with van der Waals surface area (Å²) in [4.78, 5) is 24.0. The Balaban J connectivity index is 1.59. The van der Waals surface area contributed by atoms with Gasteiger partial charge in [0.15, 0.2) is 0 Å². The van der Waals surface area contributed by atoms with Crippen LogP contribution >= 0.6 is 11.6 Å². The second kappa shape index (κ2) is 7.15.